The van der Waals surface area contributed by atoms with Crippen molar-refractivity contribution in [1.82, 2.24) is 19.6 Å². The number of carbonyl (C=O) groups excluding carboxylic acids is 2. The van der Waals surface area contributed by atoms with Crippen molar-refractivity contribution in [3.05, 3.63) is 35.8 Å². The van der Waals surface area contributed by atoms with E-state index in [0.29, 0.717) is 30.0 Å². The van der Waals surface area contributed by atoms with Crippen LogP contribution in [0.25, 0.3) is 5.65 Å². The third-order valence-electron chi connectivity index (χ3n) is 7.57. The zero-order valence-corrected chi connectivity index (χ0v) is 19.3. The molecule has 7 nitrogen and oxygen atoms in total. The van der Waals surface area contributed by atoms with Crippen LogP contribution in [0, 0.1) is 17.3 Å². The molecule has 7 heteroatoms. The smallest absolute Gasteiger partial charge is 0.273 e. The van der Waals surface area contributed by atoms with Crippen LogP contribution in [-0.2, 0) is 0 Å². The Kier molecular flexibility index (Phi) is 6.84. The average Bonchev–Trinajstić information content (AvgIpc) is 3.24. The molecule has 2 N–H and O–H groups in total. The lowest BCUT2D eigenvalue weighted by atomic mass is 9.58. The summed E-state index contributed by atoms with van der Waals surface area (Å²) in [4.78, 5) is 31.8. The van der Waals surface area contributed by atoms with Crippen molar-refractivity contribution in [3.8, 4) is 0 Å². The number of rotatable bonds is 8. The minimum atomic E-state index is -0.214. The largest absolute Gasteiger partial charge is 0.396 e. The zero-order chi connectivity index (χ0) is 22.7. The Bertz CT molecular complexity index is 971. The van der Waals surface area contributed by atoms with E-state index in [1.807, 2.05) is 6.07 Å². The molecule has 2 aliphatic carbocycles. The summed E-state index contributed by atoms with van der Waals surface area (Å²) in [5, 5.41) is 12.2. The average molecular weight is 441 g/mol. The fraction of sp³-hybridized carbons (Fsp3) is 0.640. The fourth-order valence-corrected chi connectivity index (χ4v) is 5.94. The van der Waals surface area contributed by atoms with Crippen molar-refractivity contribution in [2.24, 2.45) is 17.3 Å². The van der Waals surface area contributed by atoms with Crippen molar-refractivity contribution >= 4 is 17.5 Å². The molecule has 0 aromatic carbocycles. The van der Waals surface area contributed by atoms with Crippen LogP contribution in [0.15, 0.2) is 24.4 Å². The molecule has 0 spiro atoms. The Labute approximate surface area is 190 Å². The molecule has 3 atom stereocenters. The van der Waals surface area contributed by atoms with Crippen LogP contribution in [0.5, 0.6) is 0 Å². The maximum Gasteiger partial charge on any atom is 0.273 e. The van der Waals surface area contributed by atoms with Gasteiger partial charge in [-0.15, -0.1) is 0 Å². The van der Waals surface area contributed by atoms with Gasteiger partial charge in [-0.3, -0.25) is 14.0 Å². The normalized spacial score (nSPS) is 25.0. The van der Waals surface area contributed by atoms with Crippen LogP contribution >= 0.6 is 0 Å². The summed E-state index contributed by atoms with van der Waals surface area (Å²) in [6.07, 6.45) is 11.0. The number of nitrogens with one attached hydrogen (secondary N) is 1. The maximum absolute atomic E-state index is 13.2. The molecule has 2 amide bonds. The van der Waals surface area contributed by atoms with Gasteiger partial charge in [0.25, 0.3) is 11.8 Å². The second-order valence-corrected chi connectivity index (χ2v) is 9.93. The Balaban J connectivity index is 1.49. The standard InChI is InChI=1S/C25H36N4O3/c1-3-18-13-19-7-5-10-25(14-18,15-19)17-26-23(31)21-8-4-9-22-27-20(16-29(21)22)24(32)28(2)11-6-12-30/h4,8-9,16,18-19,30H,3,5-7,10-15,17H2,1-2H3,(H,26,31). The van der Waals surface area contributed by atoms with Crippen molar-refractivity contribution in [2.45, 2.75) is 58.3 Å². The van der Waals surface area contributed by atoms with Crippen LogP contribution < -0.4 is 5.32 Å². The number of hydrogen-bond acceptors (Lipinski definition) is 4. The van der Waals surface area contributed by atoms with E-state index in [4.69, 9.17) is 5.11 Å². The van der Waals surface area contributed by atoms with Crippen molar-refractivity contribution < 1.29 is 14.7 Å². The molecule has 2 aliphatic rings. The van der Waals surface area contributed by atoms with Crippen molar-refractivity contribution in [2.75, 3.05) is 26.7 Å². The Hall–Kier alpha value is -2.41. The number of amides is 2. The van der Waals surface area contributed by atoms with Gasteiger partial charge in [0.15, 0.2) is 0 Å². The van der Waals surface area contributed by atoms with Gasteiger partial charge in [-0.05, 0) is 61.5 Å². The molecule has 3 unspecified atom stereocenters. The molecule has 32 heavy (non-hydrogen) atoms. The summed E-state index contributed by atoms with van der Waals surface area (Å²) < 4.78 is 1.71. The number of aliphatic hydroxyl groups is 1. The number of imidazole rings is 1. The SMILES string of the molecule is CCC1CC2CCCC(CNC(=O)c3cccc4nc(C(=O)N(C)CCCO)cn34)(C1)C2. The molecule has 0 saturated heterocycles. The summed E-state index contributed by atoms with van der Waals surface area (Å²) in [7, 11) is 1.69. The van der Waals surface area contributed by atoms with E-state index in [1.165, 1.54) is 44.9 Å². The van der Waals surface area contributed by atoms with Gasteiger partial charge in [0.05, 0.1) is 0 Å². The van der Waals surface area contributed by atoms with E-state index in [9.17, 15) is 9.59 Å². The first kappa shape index (κ1) is 22.8. The molecule has 2 fully saturated rings. The first-order valence-corrected chi connectivity index (χ1v) is 12.1. The number of pyridine rings is 1. The highest BCUT2D eigenvalue weighted by Gasteiger charge is 2.42. The number of hydrogen-bond donors (Lipinski definition) is 2. The van der Waals surface area contributed by atoms with E-state index in [0.717, 1.165) is 18.4 Å². The van der Waals surface area contributed by atoms with Gasteiger partial charge in [-0.1, -0.05) is 32.3 Å². The monoisotopic (exact) mass is 440 g/mol. The number of nitrogens with zero attached hydrogens (tertiary/aromatic N) is 3. The van der Waals surface area contributed by atoms with Gasteiger partial charge in [0.2, 0.25) is 0 Å². The third kappa shape index (κ3) is 4.68. The lowest BCUT2D eigenvalue weighted by Gasteiger charge is -2.48. The van der Waals surface area contributed by atoms with Crippen LogP contribution in [-0.4, -0.2) is 57.9 Å². The predicted molar refractivity (Wildman–Crippen MR) is 124 cm³/mol. The third-order valence-corrected chi connectivity index (χ3v) is 7.57. The summed E-state index contributed by atoms with van der Waals surface area (Å²) >= 11 is 0. The second-order valence-electron chi connectivity index (χ2n) is 9.93. The molecule has 0 radical (unpaired) electrons. The molecular formula is C25H36N4O3. The molecule has 2 heterocycles. The first-order chi connectivity index (χ1) is 15.4. The van der Waals surface area contributed by atoms with Crippen LogP contribution in [0.1, 0.15) is 79.3 Å². The Morgan fingerprint density at radius 1 is 1.34 bits per heavy atom. The molecule has 4 rings (SSSR count). The number of aromatic nitrogens is 2. The van der Waals surface area contributed by atoms with Gasteiger partial charge in [0.1, 0.15) is 17.0 Å². The zero-order valence-electron chi connectivity index (χ0n) is 19.3. The molecule has 2 aromatic rings. The van der Waals surface area contributed by atoms with Gasteiger partial charge in [-0.25, -0.2) is 4.98 Å². The Morgan fingerprint density at radius 2 is 2.19 bits per heavy atom. The van der Waals surface area contributed by atoms with Gasteiger partial charge in [0, 0.05) is 32.9 Å². The summed E-state index contributed by atoms with van der Waals surface area (Å²) in [5.74, 6) is 1.26. The summed E-state index contributed by atoms with van der Waals surface area (Å²) in [6, 6.07) is 5.40. The Morgan fingerprint density at radius 3 is 2.97 bits per heavy atom. The van der Waals surface area contributed by atoms with E-state index in [2.05, 4.69) is 17.2 Å². The molecule has 2 saturated carbocycles. The van der Waals surface area contributed by atoms with Crippen molar-refractivity contribution in [3.63, 3.8) is 0 Å². The lowest BCUT2D eigenvalue weighted by molar-refractivity contribution is 0.0368. The summed E-state index contributed by atoms with van der Waals surface area (Å²) in [6.45, 7) is 3.50. The second kappa shape index (κ2) is 9.61. The lowest BCUT2D eigenvalue weighted by Crippen LogP contribution is -2.45. The quantitative estimate of drug-likeness (QED) is 0.658. The number of carbonyl (C=O) groups is 2. The van der Waals surface area contributed by atoms with E-state index >= 15 is 0 Å². The van der Waals surface area contributed by atoms with Gasteiger partial charge >= 0.3 is 0 Å². The van der Waals surface area contributed by atoms with Crippen LogP contribution in [0.3, 0.4) is 0 Å². The minimum Gasteiger partial charge on any atom is -0.396 e. The maximum atomic E-state index is 13.2. The van der Waals surface area contributed by atoms with Gasteiger partial charge in [-0.2, -0.15) is 0 Å². The highest BCUT2D eigenvalue weighted by Crippen LogP contribution is 2.51. The summed E-state index contributed by atoms with van der Waals surface area (Å²) in [5.41, 5.74) is 1.61. The number of aliphatic hydroxyl groups excluding tert-OH is 1. The molecular weight excluding hydrogens is 404 g/mol. The molecule has 0 aliphatic heterocycles. The molecule has 2 aromatic heterocycles. The van der Waals surface area contributed by atoms with E-state index in [1.54, 1.807) is 34.7 Å². The minimum absolute atomic E-state index is 0.0361. The van der Waals surface area contributed by atoms with Crippen molar-refractivity contribution in [1.29, 1.82) is 0 Å². The molecule has 2 bridgehead atoms. The van der Waals surface area contributed by atoms with Crippen LogP contribution in [0.4, 0.5) is 0 Å². The topological polar surface area (TPSA) is 86.9 Å². The highest BCUT2D eigenvalue weighted by atomic mass is 16.3. The van der Waals surface area contributed by atoms with Crippen LogP contribution in [0.2, 0.25) is 0 Å². The predicted octanol–water partition coefficient (Wildman–Crippen LogP) is 3.52. The van der Waals surface area contributed by atoms with E-state index < -0.39 is 0 Å². The molecule has 174 valence electrons. The fourth-order valence-electron chi connectivity index (χ4n) is 5.94. The van der Waals surface area contributed by atoms with E-state index in [-0.39, 0.29) is 23.8 Å². The highest BCUT2D eigenvalue weighted by molar-refractivity contribution is 5.95. The van der Waals surface area contributed by atoms with Gasteiger partial charge < -0.3 is 15.3 Å². The first-order valence-electron chi connectivity index (χ1n) is 12.1. The number of fused-ring (bicyclic) bond motifs is 3.